The summed E-state index contributed by atoms with van der Waals surface area (Å²) in [5.41, 5.74) is 3.01. The molecule has 1 N–H and O–H groups in total. The molecule has 0 atom stereocenters. The molecule has 2 aromatic rings. The zero-order chi connectivity index (χ0) is 11.9. The second-order valence-electron chi connectivity index (χ2n) is 3.67. The van der Waals surface area contributed by atoms with E-state index < -0.39 is 0 Å². The van der Waals surface area contributed by atoms with Crippen LogP contribution in [0.3, 0.4) is 0 Å². The van der Waals surface area contributed by atoms with Crippen molar-refractivity contribution in [1.29, 1.82) is 0 Å². The second kappa shape index (κ2) is 4.35. The normalized spacial score (nSPS) is 10.8. The number of aromatic amines is 1. The zero-order valence-corrected chi connectivity index (χ0v) is 12.0. The van der Waals surface area contributed by atoms with Crippen LogP contribution in [0.5, 0.6) is 0 Å². The van der Waals surface area contributed by atoms with Gasteiger partial charge in [-0.3, -0.25) is 4.57 Å². The molecule has 0 saturated carbocycles. The molecular formula is C11H10BrClN2S. The lowest BCUT2D eigenvalue weighted by Crippen LogP contribution is -1.94. The number of H-pyrrole nitrogens is 1. The number of imidazole rings is 1. The van der Waals surface area contributed by atoms with E-state index in [4.69, 9.17) is 23.8 Å². The van der Waals surface area contributed by atoms with Crippen molar-refractivity contribution >= 4 is 39.7 Å². The SMILES string of the molecule is Cc1cn(-c2cc(Cl)c(C)cc2Br)c(=S)[nH]1. The van der Waals surface area contributed by atoms with E-state index in [2.05, 4.69) is 20.9 Å². The van der Waals surface area contributed by atoms with Gasteiger partial charge in [-0.15, -0.1) is 0 Å². The van der Waals surface area contributed by atoms with E-state index in [0.717, 1.165) is 26.4 Å². The fourth-order valence-electron chi connectivity index (χ4n) is 1.51. The molecule has 1 aromatic carbocycles. The topological polar surface area (TPSA) is 20.7 Å². The molecule has 0 unspecified atom stereocenters. The zero-order valence-electron chi connectivity index (χ0n) is 8.84. The lowest BCUT2D eigenvalue weighted by molar-refractivity contribution is 1.02. The molecule has 0 saturated heterocycles. The molecule has 0 spiro atoms. The standard InChI is InChI=1S/C11H10BrClN2S/c1-6-3-8(12)10(4-9(6)13)15-5-7(2)14-11(15)16/h3-5H,1-2H3,(H,14,16). The summed E-state index contributed by atoms with van der Waals surface area (Å²) in [5.74, 6) is 0. The maximum absolute atomic E-state index is 6.12. The summed E-state index contributed by atoms with van der Waals surface area (Å²) in [7, 11) is 0. The van der Waals surface area contributed by atoms with E-state index >= 15 is 0 Å². The van der Waals surface area contributed by atoms with Crippen molar-refractivity contribution in [2.75, 3.05) is 0 Å². The largest absolute Gasteiger partial charge is 0.335 e. The number of nitrogens with one attached hydrogen (secondary N) is 1. The number of aromatic nitrogens is 2. The Morgan fingerprint density at radius 1 is 1.38 bits per heavy atom. The van der Waals surface area contributed by atoms with Gasteiger partial charge in [-0.2, -0.15) is 0 Å². The average molecular weight is 318 g/mol. The van der Waals surface area contributed by atoms with Gasteiger partial charge >= 0.3 is 0 Å². The van der Waals surface area contributed by atoms with E-state index in [9.17, 15) is 0 Å². The molecule has 0 aliphatic carbocycles. The summed E-state index contributed by atoms with van der Waals surface area (Å²) in [6, 6.07) is 3.89. The van der Waals surface area contributed by atoms with Gasteiger partial charge in [0.05, 0.1) is 5.69 Å². The minimum absolute atomic E-state index is 0.665. The Kier molecular flexibility index (Phi) is 3.24. The van der Waals surface area contributed by atoms with Gasteiger partial charge in [0, 0.05) is 21.4 Å². The number of benzene rings is 1. The van der Waals surface area contributed by atoms with Crippen molar-refractivity contribution in [3.63, 3.8) is 0 Å². The van der Waals surface area contributed by atoms with Crippen LogP contribution < -0.4 is 0 Å². The summed E-state index contributed by atoms with van der Waals surface area (Å²) in [6.07, 6.45) is 1.95. The van der Waals surface area contributed by atoms with E-state index in [1.165, 1.54) is 0 Å². The monoisotopic (exact) mass is 316 g/mol. The van der Waals surface area contributed by atoms with Crippen molar-refractivity contribution < 1.29 is 0 Å². The van der Waals surface area contributed by atoms with Crippen molar-refractivity contribution in [3.8, 4) is 5.69 Å². The van der Waals surface area contributed by atoms with E-state index in [1.807, 2.05) is 36.7 Å². The summed E-state index contributed by atoms with van der Waals surface area (Å²) in [4.78, 5) is 3.08. The van der Waals surface area contributed by atoms with E-state index in [0.29, 0.717) is 4.77 Å². The number of hydrogen-bond donors (Lipinski definition) is 1. The van der Waals surface area contributed by atoms with Gasteiger partial charge < -0.3 is 4.98 Å². The predicted octanol–water partition coefficient (Wildman–Crippen LogP) is 4.57. The van der Waals surface area contributed by atoms with Crippen molar-refractivity contribution in [1.82, 2.24) is 9.55 Å². The molecule has 0 fully saturated rings. The van der Waals surface area contributed by atoms with Crippen LogP contribution in [-0.2, 0) is 0 Å². The molecule has 0 bridgehead atoms. The predicted molar refractivity (Wildman–Crippen MR) is 73.1 cm³/mol. The first-order valence-electron chi connectivity index (χ1n) is 4.73. The highest BCUT2D eigenvalue weighted by Crippen LogP contribution is 2.28. The highest BCUT2D eigenvalue weighted by molar-refractivity contribution is 9.10. The average Bonchev–Trinajstić information content (AvgIpc) is 2.51. The Morgan fingerprint density at radius 2 is 2.06 bits per heavy atom. The molecule has 0 aliphatic heterocycles. The molecule has 84 valence electrons. The van der Waals surface area contributed by atoms with Crippen LogP contribution >= 0.6 is 39.7 Å². The van der Waals surface area contributed by atoms with Crippen molar-refractivity contribution in [2.45, 2.75) is 13.8 Å². The first kappa shape index (κ1) is 11.9. The molecule has 0 amide bonds. The Balaban J connectivity index is 2.69. The Labute approximate surface area is 112 Å². The third-order valence-corrected chi connectivity index (χ3v) is 3.67. The van der Waals surface area contributed by atoms with Gasteiger partial charge in [0.25, 0.3) is 0 Å². The molecule has 1 heterocycles. The van der Waals surface area contributed by atoms with Gasteiger partial charge in [0.2, 0.25) is 0 Å². The van der Waals surface area contributed by atoms with Crippen LogP contribution in [0.2, 0.25) is 5.02 Å². The van der Waals surface area contributed by atoms with Gasteiger partial charge in [-0.1, -0.05) is 11.6 Å². The maximum Gasteiger partial charge on any atom is 0.182 e. The number of aryl methyl sites for hydroxylation is 2. The smallest absolute Gasteiger partial charge is 0.182 e. The quantitative estimate of drug-likeness (QED) is 0.764. The van der Waals surface area contributed by atoms with Crippen LogP contribution in [0.25, 0.3) is 5.69 Å². The molecule has 1 aromatic heterocycles. The summed E-state index contributed by atoms with van der Waals surface area (Å²) >= 11 is 14.9. The lowest BCUT2D eigenvalue weighted by Gasteiger charge is -2.08. The first-order chi connectivity index (χ1) is 7.49. The summed E-state index contributed by atoms with van der Waals surface area (Å²) < 4.78 is 3.54. The van der Waals surface area contributed by atoms with Crippen LogP contribution in [0.1, 0.15) is 11.3 Å². The first-order valence-corrected chi connectivity index (χ1v) is 6.31. The third kappa shape index (κ3) is 2.10. The summed E-state index contributed by atoms with van der Waals surface area (Å²) in [6.45, 7) is 3.94. The molecule has 2 nitrogen and oxygen atoms in total. The van der Waals surface area contributed by atoms with Crippen LogP contribution in [-0.4, -0.2) is 9.55 Å². The number of rotatable bonds is 1. The third-order valence-electron chi connectivity index (χ3n) is 2.33. The number of halogens is 2. The van der Waals surface area contributed by atoms with Gasteiger partial charge in [-0.05, 0) is 59.7 Å². The fourth-order valence-corrected chi connectivity index (χ4v) is 2.63. The van der Waals surface area contributed by atoms with E-state index in [-0.39, 0.29) is 0 Å². The van der Waals surface area contributed by atoms with Crippen molar-refractivity contribution in [2.24, 2.45) is 0 Å². The highest BCUT2D eigenvalue weighted by atomic mass is 79.9. The molecule has 2 rings (SSSR count). The molecule has 0 radical (unpaired) electrons. The highest BCUT2D eigenvalue weighted by Gasteiger charge is 2.07. The minimum Gasteiger partial charge on any atom is -0.335 e. The minimum atomic E-state index is 0.665. The van der Waals surface area contributed by atoms with Crippen LogP contribution in [0.4, 0.5) is 0 Å². The van der Waals surface area contributed by atoms with Gasteiger partial charge in [-0.25, -0.2) is 0 Å². The summed E-state index contributed by atoms with van der Waals surface area (Å²) in [5, 5.41) is 0.735. The van der Waals surface area contributed by atoms with Gasteiger partial charge in [0.15, 0.2) is 4.77 Å². The number of nitrogens with zero attached hydrogens (tertiary/aromatic N) is 1. The second-order valence-corrected chi connectivity index (χ2v) is 5.31. The van der Waals surface area contributed by atoms with Gasteiger partial charge in [0.1, 0.15) is 0 Å². The van der Waals surface area contributed by atoms with Crippen molar-refractivity contribution in [3.05, 3.63) is 43.9 Å². The Hall–Kier alpha value is -0.580. The maximum atomic E-state index is 6.12. The molecule has 0 aliphatic rings. The Bertz CT molecular complexity index is 601. The van der Waals surface area contributed by atoms with Crippen LogP contribution in [0, 0.1) is 18.6 Å². The van der Waals surface area contributed by atoms with Crippen LogP contribution in [0.15, 0.2) is 22.8 Å². The molecule has 16 heavy (non-hydrogen) atoms. The Morgan fingerprint density at radius 3 is 2.62 bits per heavy atom. The molecular weight excluding hydrogens is 308 g/mol. The molecule has 5 heteroatoms. The lowest BCUT2D eigenvalue weighted by atomic mass is 10.2. The van der Waals surface area contributed by atoms with E-state index in [1.54, 1.807) is 0 Å². The number of hydrogen-bond acceptors (Lipinski definition) is 1. The fraction of sp³-hybridized carbons (Fsp3) is 0.182.